The van der Waals surface area contributed by atoms with Crippen molar-refractivity contribution in [3.8, 4) is 0 Å². The van der Waals surface area contributed by atoms with E-state index in [2.05, 4.69) is 5.32 Å². The first-order valence-corrected chi connectivity index (χ1v) is 6.32. The molecule has 1 aliphatic carbocycles. The van der Waals surface area contributed by atoms with Crippen LogP contribution in [0.2, 0.25) is 0 Å². The molecule has 1 N–H and O–H groups in total. The standard InChI is InChI=1S/C9H19NO2S/c11-13(12)8-4-7-10-9-5-2-1-3-6-9/h9-10H,1-8H2,(H,11,12)/p-1. The van der Waals surface area contributed by atoms with E-state index in [1.165, 1.54) is 32.1 Å². The topological polar surface area (TPSA) is 52.2 Å². The molecule has 1 atom stereocenters. The minimum atomic E-state index is -1.86. The Hall–Kier alpha value is 0.0700. The molecule has 3 nitrogen and oxygen atoms in total. The smallest absolute Gasteiger partial charge is 0.0114 e. The molecule has 78 valence electrons. The molecule has 13 heavy (non-hydrogen) atoms. The van der Waals surface area contributed by atoms with Crippen LogP contribution in [-0.2, 0) is 11.1 Å². The van der Waals surface area contributed by atoms with Gasteiger partial charge in [-0.15, -0.1) is 0 Å². The summed E-state index contributed by atoms with van der Waals surface area (Å²) in [6.07, 6.45) is 7.28. The highest BCUT2D eigenvalue weighted by molar-refractivity contribution is 7.79. The predicted molar refractivity (Wildman–Crippen MR) is 53.3 cm³/mol. The van der Waals surface area contributed by atoms with Gasteiger partial charge in [-0.2, -0.15) is 0 Å². The lowest BCUT2D eigenvalue weighted by Crippen LogP contribution is -2.32. The van der Waals surface area contributed by atoms with E-state index in [9.17, 15) is 8.76 Å². The molecule has 0 aliphatic heterocycles. The fraction of sp³-hybridized carbons (Fsp3) is 1.00. The minimum absolute atomic E-state index is 0.291. The summed E-state index contributed by atoms with van der Waals surface area (Å²) in [7, 11) is 0. The molecule has 0 aromatic carbocycles. The molecule has 1 aliphatic rings. The molecular formula is C9H18NO2S-. The third-order valence-corrected chi connectivity index (χ3v) is 3.15. The van der Waals surface area contributed by atoms with Crippen LogP contribution in [0.15, 0.2) is 0 Å². The zero-order chi connectivity index (χ0) is 9.52. The molecule has 4 heteroatoms. The maximum atomic E-state index is 10.2. The van der Waals surface area contributed by atoms with Crippen molar-refractivity contribution in [3.63, 3.8) is 0 Å². The first kappa shape index (κ1) is 11.1. The normalized spacial score (nSPS) is 21.6. The zero-order valence-electron chi connectivity index (χ0n) is 7.96. The molecule has 0 spiro atoms. The lowest BCUT2D eigenvalue weighted by atomic mass is 9.95. The molecule has 0 saturated heterocycles. The quantitative estimate of drug-likeness (QED) is 0.540. The van der Waals surface area contributed by atoms with Crippen molar-refractivity contribution in [2.75, 3.05) is 12.3 Å². The van der Waals surface area contributed by atoms with Crippen molar-refractivity contribution in [3.05, 3.63) is 0 Å². The molecule has 1 fully saturated rings. The highest BCUT2D eigenvalue weighted by atomic mass is 32.2. The van der Waals surface area contributed by atoms with Crippen molar-refractivity contribution in [2.45, 2.75) is 44.6 Å². The van der Waals surface area contributed by atoms with Crippen molar-refractivity contribution in [2.24, 2.45) is 0 Å². The Balaban J connectivity index is 1.95. The van der Waals surface area contributed by atoms with Crippen molar-refractivity contribution in [1.29, 1.82) is 0 Å². The molecule has 0 aromatic heterocycles. The van der Waals surface area contributed by atoms with Crippen LogP contribution in [0, 0.1) is 0 Å². The third-order valence-electron chi connectivity index (χ3n) is 2.53. The molecular weight excluding hydrogens is 186 g/mol. The summed E-state index contributed by atoms with van der Waals surface area (Å²) in [6, 6.07) is 0.647. The van der Waals surface area contributed by atoms with Gasteiger partial charge in [-0.1, -0.05) is 30.3 Å². The van der Waals surface area contributed by atoms with E-state index in [1.54, 1.807) is 0 Å². The van der Waals surface area contributed by atoms with Gasteiger partial charge in [0.2, 0.25) is 0 Å². The first-order chi connectivity index (χ1) is 6.29. The van der Waals surface area contributed by atoms with E-state index in [-0.39, 0.29) is 0 Å². The Kier molecular flexibility index (Phi) is 5.58. The lowest BCUT2D eigenvalue weighted by molar-refractivity contribution is 0.374. The maximum Gasteiger partial charge on any atom is 0.0114 e. The monoisotopic (exact) mass is 204 g/mol. The highest BCUT2D eigenvalue weighted by Crippen LogP contribution is 2.17. The predicted octanol–water partition coefficient (Wildman–Crippen LogP) is 1.18. The fourth-order valence-corrected chi connectivity index (χ4v) is 2.18. The number of rotatable bonds is 5. The van der Waals surface area contributed by atoms with Gasteiger partial charge in [-0.05, 0) is 25.8 Å². The zero-order valence-corrected chi connectivity index (χ0v) is 8.78. The van der Waals surface area contributed by atoms with Crippen LogP contribution in [-0.4, -0.2) is 27.1 Å². The van der Waals surface area contributed by atoms with Gasteiger partial charge in [0.15, 0.2) is 0 Å². The minimum Gasteiger partial charge on any atom is -0.772 e. The van der Waals surface area contributed by atoms with E-state index in [0.29, 0.717) is 11.8 Å². The van der Waals surface area contributed by atoms with Gasteiger partial charge >= 0.3 is 0 Å². The maximum absolute atomic E-state index is 10.2. The molecule has 1 saturated carbocycles. The average Bonchev–Trinajstić information content (AvgIpc) is 2.14. The van der Waals surface area contributed by atoms with Gasteiger partial charge in [0, 0.05) is 11.8 Å². The summed E-state index contributed by atoms with van der Waals surface area (Å²) in [5.41, 5.74) is 0. The molecule has 0 aromatic rings. The fourth-order valence-electron chi connectivity index (χ4n) is 1.80. The molecule has 1 rings (SSSR count). The average molecular weight is 204 g/mol. The van der Waals surface area contributed by atoms with Gasteiger partial charge in [-0.25, -0.2) is 0 Å². The van der Waals surface area contributed by atoms with Crippen molar-refractivity contribution in [1.82, 2.24) is 5.32 Å². The number of hydrogen-bond acceptors (Lipinski definition) is 3. The van der Waals surface area contributed by atoms with Crippen LogP contribution in [0.5, 0.6) is 0 Å². The van der Waals surface area contributed by atoms with Crippen LogP contribution in [0.1, 0.15) is 38.5 Å². The largest absolute Gasteiger partial charge is 0.772 e. The number of nitrogens with one attached hydrogen (secondary N) is 1. The van der Waals surface area contributed by atoms with Crippen LogP contribution < -0.4 is 5.32 Å². The summed E-state index contributed by atoms with van der Waals surface area (Å²) in [4.78, 5) is 0. The SMILES string of the molecule is O=S([O-])CCCNC1CCCCC1. The highest BCUT2D eigenvalue weighted by Gasteiger charge is 2.11. The van der Waals surface area contributed by atoms with E-state index in [4.69, 9.17) is 0 Å². The van der Waals surface area contributed by atoms with Crippen LogP contribution in [0.4, 0.5) is 0 Å². The van der Waals surface area contributed by atoms with E-state index in [1.807, 2.05) is 0 Å². The van der Waals surface area contributed by atoms with Crippen molar-refractivity contribution >= 4 is 11.1 Å². The molecule has 1 unspecified atom stereocenters. The second kappa shape index (κ2) is 6.51. The third kappa shape index (κ3) is 5.39. The summed E-state index contributed by atoms with van der Waals surface area (Å²) in [6.45, 7) is 0.846. The number of hydrogen-bond donors (Lipinski definition) is 1. The second-order valence-corrected chi connectivity index (χ2v) is 4.67. The lowest BCUT2D eigenvalue weighted by Gasteiger charge is -2.22. The Morgan fingerprint density at radius 2 is 2.00 bits per heavy atom. The van der Waals surface area contributed by atoms with Gasteiger partial charge < -0.3 is 9.87 Å². The van der Waals surface area contributed by atoms with Crippen LogP contribution in [0.25, 0.3) is 0 Å². The Bertz CT molecular complexity index is 158. The van der Waals surface area contributed by atoms with E-state index >= 15 is 0 Å². The summed E-state index contributed by atoms with van der Waals surface area (Å²) in [5.74, 6) is 0.291. The molecule has 0 radical (unpaired) electrons. The van der Waals surface area contributed by atoms with Gasteiger partial charge in [-0.3, -0.25) is 4.21 Å². The summed E-state index contributed by atoms with van der Waals surface area (Å²) in [5, 5.41) is 3.40. The van der Waals surface area contributed by atoms with Crippen LogP contribution >= 0.6 is 0 Å². The van der Waals surface area contributed by atoms with Gasteiger partial charge in [0.1, 0.15) is 0 Å². The van der Waals surface area contributed by atoms with Gasteiger partial charge in [0.25, 0.3) is 0 Å². The Labute approximate surface area is 82.6 Å². The van der Waals surface area contributed by atoms with E-state index in [0.717, 1.165) is 13.0 Å². The molecule has 0 amide bonds. The van der Waals surface area contributed by atoms with E-state index < -0.39 is 11.1 Å². The first-order valence-electron chi connectivity index (χ1n) is 5.08. The van der Waals surface area contributed by atoms with Gasteiger partial charge in [0.05, 0.1) is 0 Å². The summed E-state index contributed by atoms with van der Waals surface area (Å²) >= 11 is -1.86. The Morgan fingerprint density at radius 3 is 2.62 bits per heavy atom. The molecule has 0 bridgehead atoms. The van der Waals surface area contributed by atoms with Crippen LogP contribution in [0.3, 0.4) is 0 Å². The second-order valence-electron chi connectivity index (χ2n) is 3.65. The Morgan fingerprint density at radius 1 is 1.31 bits per heavy atom. The summed E-state index contributed by atoms with van der Waals surface area (Å²) < 4.78 is 20.4. The van der Waals surface area contributed by atoms with Crippen molar-refractivity contribution < 1.29 is 8.76 Å². The molecule has 0 heterocycles.